The normalized spacial score (nSPS) is 20.4. The second-order valence-corrected chi connectivity index (χ2v) is 5.86. The second-order valence-electron chi connectivity index (χ2n) is 4.79. The molecule has 0 bridgehead atoms. The summed E-state index contributed by atoms with van der Waals surface area (Å²) in [5.41, 5.74) is 1.31. The summed E-state index contributed by atoms with van der Waals surface area (Å²) in [5, 5.41) is 3.38. The molecule has 4 heteroatoms. The highest BCUT2D eigenvalue weighted by Crippen LogP contribution is 2.23. The Morgan fingerprint density at radius 1 is 1.42 bits per heavy atom. The van der Waals surface area contributed by atoms with Crippen molar-refractivity contribution in [3.8, 4) is 5.75 Å². The van der Waals surface area contributed by atoms with Crippen molar-refractivity contribution >= 4 is 11.8 Å². The van der Waals surface area contributed by atoms with Crippen molar-refractivity contribution in [3.63, 3.8) is 0 Å². The highest BCUT2D eigenvalue weighted by Gasteiger charge is 2.16. The minimum atomic E-state index is 0.386. The van der Waals surface area contributed by atoms with E-state index in [9.17, 15) is 0 Å². The summed E-state index contributed by atoms with van der Waals surface area (Å²) in [6.45, 7) is 0.944. The molecule has 106 valence electrons. The number of ether oxygens (including phenoxy) is 2. The van der Waals surface area contributed by atoms with E-state index in [2.05, 4.69) is 17.4 Å². The monoisotopic (exact) mass is 281 g/mol. The molecule has 0 saturated carbocycles. The third kappa shape index (κ3) is 4.41. The molecule has 1 saturated heterocycles. The molecular weight excluding hydrogens is 258 g/mol. The Balaban J connectivity index is 1.80. The predicted octanol–water partition coefficient (Wildman–Crippen LogP) is 2.87. The first-order valence-electron chi connectivity index (χ1n) is 6.84. The maximum atomic E-state index is 5.65. The summed E-state index contributed by atoms with van der Waals surface area (Å²) < 4.78 is 10.8. The van der Waals surface area contributed by atoms with E-state index in [1.807, 2.05) is 30.9 Å². The molecule has 19 heavy (non-hydrogen) atoms. The molecule has 1 aliphatic rings. The van der Waals surface area contributed by atoms with E-state index in [-0.39, 0.29) is 0 Å². The van der Waals surface area contributed by atoms with Crippen LogP contribution in [0.2, 0.25) is 0 Å². The Labute approximate surface area is 120 Å². The summed E-state index contributed by atoms with van der Waals surface area (Å²) in [4.78, 5) is 0. The molecule has 0 amide bonds. The summed E-state index contributed by atoms with van der Waals surface area (Å²) in [6.07, 6.45) is 2.91. The predicted molar refractivity (Wildman–Crippen MR) is 81.1 cm³/mol. The van der Waals surface area contributed by atoms with Crippen molar-refractivity contribution in [3.05, 3.63) is 29.8 Å². The molecule has 1 N–H and O–H groups in total. The Hall–Kier alpha value is -0.710. The van der Waals surface area contributed by atoms with Crippen LogP contribution in [0.3, 0.4) is 0 Å². The maximum absolute atomic E-state index is 5.65. The van der Waals surface area contributed by atoms with Gasteiger partial charge in [0.15, 0.2) is 0 Å². The van der Waals surface area contributed by atoms with Crippen LogP contribution >= 0.6 is 11.8 Å². The lowest BCUT2D eigenvalue weighted by Crippen LogP contribution is -2.20. The zero-order chi connectivity index (χ0) is 13.5. The molecule has 0 aliphatic carbocycles. The van der Waals surface area contributed by atoms with Crippen molar-refractivity contribution in [1.82, 2.24) is 5.32 Å². The van der Waals surface area contributed by atoms with Gasteiger partial charge in [0.1, 0.15) is 5.75 Å². The van der Waals surface area contributed by atoms with E-state index < -0.39 is 0 Å². The zero-order valence-corrected chi connectivity index (χ0v) is 12.5. The van der Waals surface area contributed by atoms with Crippen LogP contribution in [0.25, 0.3) is 0 Å². The van der Waals surface area contributed by atoms with E-state index in [0.717, 1.165) is 23.9 Å². The number of thioether (sulfide) groups is 1. The van der Waals surface area contributed by atoms with Crippen LogP contribution in [0.4, 0.5) is 0 Å². The highest BCUT2D eigenvalue weighted by molar-refractivity contribution is 7.99. The average Bonchev–Trinajstić information content (AvgIpc) is 2.97. The van der Waals surface area contributed by atoms with Gasteiger partial charge < -0.3 is 14.8 Å². The lowest BCUT2D eigenvalue weighted by atomic mass is 10.1. The average molecular weight is 281 g/mol. The first-order chi connectivity index (χ1) is 9.33. The van der Waals surface area contributed by atoms with E-state index >= 15 is 0 Å². The maximum Gasteiger partial charge on any atom is 0.118 e. The standard InChI is InChI=1S/C15H23NO2S/c1-16-15(11-19-10-14-4-3-9-18-14)12-5-7-13(17-2)8-6-12/h5-8,14-16H,3-4,9-11H2,1-2H3. The van der Waals surface area contributed by atoms with Crippen LogP contribution < -0.4 is 10.1 Å². The third-order valence-electron chi connectivity index (χ3n) is 3.48. The van der Waals surface area contributed by atoms with Crippen LogP contribution in [0.15, 0.2) is 24.3 Å². The number of methoxy groups -OCH3 is 1. The van der Waals surface area contributed by atoms with Crippen molar-refractivity contribution in [1.29, 1.82) is 0 Å². The molecule has 2 unspecified atom stereocenters. The summed E-state index contributed by atoms with van der Waals surface area (Å²) in [6, 6.07) is 8.69. The van der Waals surface area contributed by atoms with Gasteiger partial charge in [-0.15, -0.1) is 0 Å². The molecule has 0 radical (unpaired) electrons. The fourth-order valence-electron chi connectivity index (χ4n) is 2.28. The SMILES string of the molecule is CNC(CSCC1CCCO1)c1ccc(OC)cc1. The largest absolute Gasteiger partial charge is 0.497 e. The van der Waals surface area contributed by atoms with Crippen LogP contribution in [0.5, 0.6) is 5.75 Å². The Bertz CT molecular complexity index is 363. The van der Waals surface area contributed by atoms with Gasteiger partial charge in [0.2, 0.25) is 0 Å². The molecular formula is C15H23NO2S. The summed E-state index contributed by atoms with van der Waals surface area (Å²) >= 11 is 1.97. The quantitative estimate of drug-likeness (QED) is 0.832. The van der Waals surface area contributed by atoms with Crippen LogP contribution in [0, 0.1) is 0 Å². The molecule has 1 aromatic carbocycles. The fraction of sp³-hybridized carbons (Fsp3) is 0.600. The zero-order valence-electron chi connectivity index (χ0n) is 11.7. The number of nitrogens with one attached hydrogen (secondary N) is 1. The molecule has 3 nitrogen and oxygen atoms in total. The molecule has 2 rings (SSSR count). The topological polar surface area (TPSA) is 30.5 Å². The number of rotatable bonds is 7. The van der Waals surface area contributed by atoms with Gasteiger partial charge >= 0.3 is 0 Å². The molecule has 1 aliphatic heterocycles. The third-order valence-corrected chi connectivity index (χ3v) is 4.66. The van der Waals surface area contributed by atoms with Crippen LogP contribution in [-0.2, 0) is 4.74 Å². The number of hydrogen-bond acceptors (Lipinski definition) is 4. The fourth-order valence-corrected chi connectivity index (χ4v) is 3.53. The van der Waals surface area contributed by atoms with Gasteiger partial charge in [-0.05, 0) is 37.6 Å². The minimum absolute atomic E-state index is 0.386. The van der Waals surface area contributed by atoms with Gasteiger partial charge in [-0.2, -0.15) is 11.8 Å². The number of hydrogen-bond donors (Lipinski definition) is 1. The molecule has 1 heterocycles. The van der Waals surface area contributed by atoms with Gasteiger partial charge in [-0.1, -0.05) is 12.1 Å². The highest BCUT2D eigenvalue weighted by atomic mass is 32.2. The molecule has 2 atom stereocenters. The smallest absolute Gasteiger partial charge is 0.118 e. The van der Waals surface area contributed by atoms with E-state index in [1.54, 1.807) is 7.11 Å². The van der Waals surface area contributed by atoms with Gasteiger partial charge in [-0.3, -0.25) is 0 Å². The first kappa shape index (κ1) is 14.7. The van der Waals surface area contributed by atoms with Crippen molar-refractivity contribution in [2.75, 3.05) is 32.3 Å². The van der Waals surface area contributed by atoms with Crippen molar-refractivity contribution in [2.24, 2.45) is 0 Å². The Kier molecular flexibility index (Phi) is 6.01. The molecule has 1 aromatic rings. The van der Waals surface area contributed by atoms with Crippen LogP contribution in [-0.4, -0.2) is 38.4 Å². The minimum Gasteiger partial charge on any atom is -0.497 e. The van der Waals surface area contributed by atoms with E-state index in [1.165, 1.54) is 18.4 Å². The van der Waals surface area contributed by atoms with Crippen LogP contribution in [0.1, 0.15) is 24.4 Å². The van der Waals surface area contributed by atoms with Gasteiger partial charge in [0, 0.05) is 24.2 Å². The lowest BCUT2D eigenvalue weighted by Gasteiger charge is -2.17. The van der Waals surface area contributed by atoms with Crippen molar-refractivity contribution < 1.29 is 9.47 Å². The van der Waals surface area contributed by atoms with Gasteiger partial charge in [-0.25, -0.2) is 0 Å². The van der Waals surface area contributed by atoms with Gasteiger partial charge in [0.25, 0.3) is 0 Å². The van der Waals surface area contributed by atoms with Gasteiger partial charge in [0.05, 0.1) is 13.2 Å². The second kappa shape index (κ2) is 7.78. The molecule has 0 spiro atoms. The Morgan fingerprint density at radius 3 is 2.79 bits per heavy atom. The van der Waals surface area contributed by atoms with E-state index in [4.69, 9.17) is 9.47 Å². The summed E-state index contributed by atoms with van der Waals surface area (Å²) in [5.74, 6) is 3.09. The number of benzene rings is 1. The van der Waals surface area contributed by atoms with Crippen molar-refractivity contribution in [2.45, 2.75) is 25.0 Å². The molecule has 0 aromatic heterocycles. The molecule has 1 fully saturated rings. The Morgan fingerprint density at radius 2 is 2.21 bits per heavy atom. The van der Waals surface area contributed by atoms with E-state index in [0.29, 0.717) is 12.1 Å². The summed E-state index contributed by atoms with van der Waals surface area (Å²) in [7, 11) is 3.71. The lowest BCUT2D eigenvalue weighted by molar-refractivity contribution is 0.129. The first-order valence-corrected chi connectivity index (χ1v) is 7.99.